The standard InChI is InChI=1S/C12H14N2OS/c1-7-10(13)5-4-6-11(7)16-12-14-8(2)9(3)15-12/h4-6H,13H2,1-3H3. The number of aromatic nitrogens is 1. The van der Waals surface area contributed by atoms with Gasteiger partial charge in [-0.2, -0.15) is 0 Å². The van der Waals surface area contributed by atoms with E-state index in [0.717, 1.165) is 27.6 Å². The molecule has 2 rings (SSSR count). The Hall–Kier alpha value is -1.42. The van der Waals surface area contributed by atoms with Crippen molar-refractivity contribution in [1.82, 2.24) is 4.98 Å². The van der Waals surface area contributed by atoms with E-state index in [-0.39, 0.29) is 0 Å². The molecule has 0 spiro atoms. The van der Waals surface area contributed by atoms with Crippen molar-refractivity contribution in [3.63, 3.8) is 0 Å². The highest BCUT2D eigenvalue weighted by atomic mass is 32.2. The molecule has 0 fully saturated rings. The van der Waals surface area contributed by atoms with E-state index < -0.39 is 0 Å². The lowest BCUT2D eigenvalue weighted by molar-refractivity contribution is 0.431. The van der Waals surface area contributed by atoms with Crippen molar-refractivity contribution in [3.8, 4) is 0 Å². The zero-order valence-corrected chi connectivity index (χ0v) is 10.4. The number of nitrogen functional groups attached to an aromatic ring is 1. The molecule has 0 unspecified atom stereocenters. The molecule has 0 atom stereocenters. The Bertz CT molecular complexity index is 500. The number of benzene rings is 1. The largest absolute Gasteiger partial charge is 0.436 e. The molecule has 0 saturated heterocycles. The molecule has 4 heteroatoms. The Balaban J connectivity index is 2.30. The van der Waals surface area contributed by atoms with Gasteiger partial charge in [-0.1, -0.05) is 6.07 Å². The van der Waals surface area contributed by atoms with E-state index in [2.05, 4.69) is 4.98 Å². The van der Waals surface area contributed by atoms with Crippen LogP contribution in [0.1, 0.15) is 17.0 Å². The summed E-state index contributed by atoms with van der Waals surface area (Å²) in [6, 6.07) is 5.85. The second-order valence-corrected chi connectivity index (χ2v) is 4.69. The van der Waals surface area contributed by atoms with Crippen LogP contribution in [-0.4, -0.2) is 4.98 Å². The number of anilines is 1. The zero-order chi connectivity index (χ0) is 11.7. The number of hydrogen-bond donors (Lipinski definition) is 1. The van der Waals surface area contributed by atoms with Crippen molar-refractivity contribution in [2.45, 2.75) is 30.9 Å². The van der Waals surface area contributed by atoms with Crippen LogP contribution in [-0.2, 0) is 0 Å². The molecular weight excluding hydrogens is 220 g/mol. The van der Waals surface area contributed by atoms with E-state index in [1.54, 1.807) is 0 Å². The minimum absolute atomic E-state index is 0.670. The van der Waals surface area contributed by atoms with Crippen molar-refractivity contribution < 1.29 is 4.42 Å². The first-order chi connectivity index (χ1) is 7.58. The average Bonchev–Trinajstić information content (AvgIpc) is 2.54. The van der Waals surface area contributed by atoms with Crippen LogP contribution in [0.15, 0.2) is 32.7 Å². The van der Waals surface area contributed by atoms with Crippen molar-refractivity contribution in [3.05, 3.63) is 35.2 Å². The van der Waals surface area contributed by atoms with E-state index in [4.69, 9.17) is 10.2 Å². The fourth-order valence-electron chi connectivity index (χ4n) is 1.32. The van der Waals surface area contributed by atoms with Crippen LogP contribution in [0, 0.1) is 20.8 Å². The maximum absolute atomic E-state index is 5.85. The highest BCUT2D eigenvalue weighted by Crippen LogP contribution is 2.32. The van der Waals surface area contributed by atoms with Crippen LogP contribution in [0.3, 0.4) is 0 Å². The summed E-state index contributed by atoms with van der Waals surface area (Å²) in [5, 5.41) is 0.670. The van der Waals surface area contributed by atoms with E-state index in [9.17, 15) is 0 Å². The first-order valence-corrected chi connectivity index (χ1v) is 5.86. The van der Waals surface area contributed by atoms with Crippen molar-refractivity contribution in [2.75, 3.05) is 5.73 Å². The van der Waals surface area contributed by atoms with Crippen molar-refractivity contribution >= 4 is 17.4 Å². The predicted molar refractivity (Wildman–Crippen MR) is 65.7 cm³/mol. The summed E-state index contributed by atoms with van der Waals surface area (Å²) in [5.74, 6) is 0.865. The van der Waals surface area contributed by atoms with Gasteiger partial charge in [0.2, 0.25) is 0 Å². The summed E-state index contributed by atoms with van der Waals surface area (Å²) in [6.45, 7) is 5.86. The van der Waals surface area contributed by atoms with Gasteiger partial charge in [-0.3, -0.25) is 0 Å². The summed E-state index contributed by atoms with van der Waals surface area (Å²) in [5.41, 5.74) is 8.65. The molecule has 0 amide bonds. The van der Waals surface area contributed by atoms with Gasteiger partial charge in [-0.15, -0.1) is 0 Å². The van der Waals surface area contributed by atoms with E-state index in [1.165, 1.54) is 11.8 Å². The third-order valence-electron chi connectivity index (χ3n) is 2.53. The van der Waals surface area contributed by atoms with Crippen molar-refractivity contribution in [1.29, 1.82) is 0 Å². The van der Waals surface area contributed by atoms with Gasteiger partial charge in [0, 0.05) is 10.6 Å². The Kier molecular flexibility index (Phi) is 2.92. The first kappa shape index (κ1) is 11.1. The van der Waals surface area contributed by atoms with Gasteiger partial charge in [-0.25, -0.2) is 4.98 Å². The minimum atomic E-state index is 0.670. The summed E-state index contributed by atoms with van der Waals surface area (Å²) >= 11 is 1.51. The summed E-state index contributed by atoms with van der Waals surface area (Å²) in [4.78, 5) is 5.42. The lowest BCUT2D eigenvalue weighted by Gasteiger charge is -2.04. The molecule has 1 aromatic carbocycles. The molecule has 0 aliphatic carbocycles. The van der Waals surface area contributed by atoms with Crippen LogP contribution in [0.4, 0.5) is 5.69 Å². The molecule has 1 heterocycles. The summed E-state index contributed by atoms with van der Waals surface area (Å²) < 4.78 is 5.52. The molecule has 2 aromatic rings. The summed E-state index contributed by atoms with van der Waals surface area (Å²) in [6.07, 6.45) is 0. The molecule has 0 bridgehead atoms. The van der Waals surface area contributed by atoms with Crippen LogP contribution in [0.25, 0.3) is 0 Å². The van der Waals surface area contributed by atoms with Crippen LogP contribution in [0.2, 0.25) is 0 Å². The average molecular weight is 234 g/mol. The second kappa shape index (κ2) is 4.22. The maximum Gasteiger partial charge on any atom is 0.261 e. The number of hydrogen-bond acceptors (Lipinski definition) is 4. The fourth-order valence-corrected chi connectivity index (χ4v) is 2.28. The Labute approximate surface area is 99.1 Å². The lowest BCUT2D eigenvalue weighted by Crippen LogP contribution is -1.90. The smallest absolute Gasteiger partial charge is 0.261 e. The van der Waals surface area contributed by atoms with Crippen LogP contribution in [0.5, 0.6) is 0 Å². The molecule has 16 heavy (non-hydrogen) atoms. The first-order valence-electron chi connectivity index (χ1n) is 5.05. The van der Waals surface area contributed by atoms with Gasteiger partial charge < -0.3 is 10.2 Å². The maximum atomic E-state index is 5.85. The van der Waals surface area contributed by atoms with Gasteiger partial charge in [-0.05, 0) is 50.2 Å². The summed E-state index contributed by atoms with van der Waals surface area (Å²) in [7, 11) is 0. The Morgan fingerprint density at radius 1 is 1.25 bits per heavy atom. The fraction of sp³-hybridized carbons (Fsp3) is 0.250. The topological polar surface area (TPSA) is 52.0 Å². The highest BCUT2D eigenvalue weighted by molar-refractivity contribution is 7.99. The van der Waals surface area contributed by atoms with Gasteiger partial charge in [0.25, 0.3) is 5.22 Å². The molecule has 2 N–H and O–H groups in total. The van der Waals surface area contributed by atoms with E-state index in [0.29, 0.717) is 5.22 Å². The van der Waals surface area contributed by atoms with E-state index >= 15 is 0 Å². The monoisotopic (exact) mass is 234 g/mol. The third kappa shape index (κ3) is 2.07. The van der Waals surface area contributed by atoms with Crippen molar-refractivity contribution in [2.24, 2.45) is 0 Å². The Morgan fingerprint density at radius 3 is 2.62 bits per heavy atom. The SMILES string of the molecule is Cc1nc(Sc2cccc(N)c2C)oc1C. The number of rotatable bonds is 2. The molecule has 84 valence electrons. The normalized spacial score (nSPS) is 10.7. The molecule has 3 nitrogen and oxygen atoms in total. The zero-order valence-electron chi connectivity index (χ0n) is 9.57. The predicted octanol–water partition coefficient (Wildman–Crippen LogP) is 3.33. The van der Waals surface area contributed by atoms with Gasteiger partial charge in [0.15, 0.2) is 0 Å². The molecule has 1 aromatic heterocycles. The van der Waals surface area contributed by atoms with Gasteiger partial charge >= 0.3 is 0 Å². The molecule has 0 saturated carbocycles. The van der Waals surface area contributed by atoms with Crippen LogP contribution < -0.4 is 5.73 Å². The number of oxazole rings is 1. The molecule has 0 radical (unpaired) electrons. The second-order valence-electron chi connectivity index (χ2n) is 3.69. The third-order valence-corrected chi connectivity index (χ3v) is 3.54. The number of aryl methyl sites for hydroxylation is 2. The number of nitrogens with zero attached hydrogens (tertiary/aromatic N) is 1. The van der Waals surface area contributed by atoms with Gasteiger partial charge in [0.1, 0.15) is 5.76 Å². The van der Waals surface area contributed by atoms with Crippen LogP contribution >= 0.6 is 11.8 Å². The Morgan fingerprint density at radius 2 is 2.00 bits per heavy atom. The molecular formula is C12H14N2OS. The number of nitrogens with two attached hydrogens (primary N) is 1. The van der Waals surface area contributed by atoms with Gasteiger partial charge in [0.05, 0.1) is 5.69 Å². The molecule has 0 aliphatic rings. The molecule has 0 aliphatic heterocycles. The minimum Gasteiger partial charge on any atom is -0.436 e. The highest BCUT2D eigenvalue weighted by Gasteiger charge is 2.09. The lowest BCUT2D eigenvalue weighted by atomic mass is 10.2. The van der Waals surface area contributed by atoms with E-state index in [1.807, 2.05) is 39.0 Å². The quantitative estimate of drug-likeness (QED) is 0.810.